The molecule has 0 bridgehead atoms. The van der Waals surface area contributed by atoms with Gasteiger partial charge < -0.3 is 4.74 Å². The van der Waals surface area contributed by atoms with Gasteiger partial charge in [0.1, 0.15) is 6.10 Å². The topological polar surface area (TPSA) is 26.3 Å². The molecule has 1 aliphatic carbocycles. The van der Waals surface area contributed by atoms with Crippen molar-refractivity contribution in [2.75, 3.05) is 0 Å². The van der Waals surface area contributed by atoms with Gasteiger partial charge in [0.2, 0.25) is 0 Å². The fraction of sp³-hybridized carbons (Fsp3) is 0.480. The summed E-state index contributed by atoms with van der Waals surface area (Å²) in [6, 6.07) is 16.4. The van der Waals surface area contributed by atoms with E-state index in [9.17, 15) is 4.79 Å². The van der Waals surface area contributed by atoms with E-state index in [0.717, 1.165) is 24.8 Å². The maximum Gasteiger partial charge on any atom is 0.338 e. The first-order valence-corrected chi connectivity index (χ1v) is 10.4. The molecular formula is C25H32O2. The molecule has 0 N–H and O–H groups in total. The van der Waals surface area contributed by atoms with Crippen LogP contribution in [0.4, 0.5) is 0 Å². The highest BCUT2D eigenvalue weighted by Crippen LogP contribution is 2.35. The van der Waals surface area contributed by atoms with E-state index in [0.29, 0.717) is 23.3 Å². The summed E-state index contributed by atoms with van der Waals surface area (Å²) in [5, 5.41) is 0. The highest BCUT2D eigenvalue weighted by atomic mass is 16.5. The van der Waals surface area contributed by atoms with Crippen molar-refractivity contribution >= 4 is 5.97 Å². The summed E-state index contributed by atoms with van der Waals surface area (Å²) in [4.78, 5) is 12.7. The Labute approximate surface area is 164 Å². The lowest BCUT2D eigenvalue weighted by Crippen LogP contribution is -2.35. The molecule has 2 aromatic carbocycles. The number of esters is 1. The third kappa shape index (κ3) is 4.80. The lowest BCUT2D eigenvalue weighted by molar-refractivity contribution is -0.0174. The van der Waals surface area contributed by atoms with Crippen LogP contribution in [0, 0.1) is 17.8 Å². The minimum Gasteiger partial charge on any atom is -0.458 e. The van der Waals surface area contributed by atoms with Crippen LogP contribution in [0.15, 0.2) is 48.5 Å². The van der Waals surface area contributed by atoms with Crippen LogP contribution in [0.3, 0.4) is 0 Å². The summed E-state index contributed by atoms with van der Waals surface area (Å²) in [5.74, 6) is 1.46. The van der Waals surface area contributed by atoms with Crippen molar-refractivity contribution in [3.8, 4) is 11.1 Å². The standard InChI is InChI=1S/C25H32O2/c1-5-19-7-9-20(10-8-19)21-11-13-22(14-12-21)25(26)27-24-16-18(4)6-15-23(24)17(2)3/h7-14,17-18,23-24H,5-6,15-16H2,1-4H3. The Kier molecular flexibility index (Phi) is 6.36. The fourth-order valence-corrected chi connectivity index (χ4v) is 4.19. The van der Waals surface area contributed by atoms with Crippen molar-refractivity contribution in [2.45, 2.75) is 59.5 Å². The van der Waals surface area contributed by atoms with Gasteiger partial charge in [0.15, 0.2) is 0 Å². The molecule has 0 spiro atoms. The Morgan fingerprint density at radius 1 is 1.00 bits per heavy atom. The average Bonchev–Trinajstić information content (AvgIpc) is 2.68. The minimum atomic E-state index is -0.187. The zero-order valence-electron chi connectivity index (χ0n) is 17.1. The predicted molar refractivity (Wildman–Crippen MR) is 112 cm³/mol. The van der Waals surface area contributed by atoms with Gasteiger partial charge >= 0.3 is 5.97 Å². The van der Waals surface area contributed by atoms with Crippen LogP contribution in [0.2, 0.25) is 0 Å². The molecule has 1 fully saturated rings. The maximum absolute atomic E-state index is 12.7. The highest BCUT2D eigenvalue weighted by Gasteiger charge is 2.33. The number of ether oxygens (including phenoxy) is 1. The number of aryl methyl sites for hydroxylation is 1. The number of hydrogen-bond acceptors (Lipinski definition) is 2. The largest absolute Gasteiger partial charge is 0.458 e. The van der Waals surface area contributed by atoms with Gasteiger partial charge in [0.25, 0.3) is 0 Å². The predicted octanol–water partition coefficient (Wildman–Crippen LogP) is 6.53. The first-order chi connectivity index (χ1) is 13.0. The highest BCUT2D eigenvalue weighted by molar-refractivity contribution is 5.90. The van der Waals surface area contributed by atoms with E-state index in [1.54, 1.807) is 0 Å². The minimum absolute atomic E-state index is 0.0440. The number of rotatable bonds is 5. The van der Waals surface area contributed by atoms with Crippen LogP contribution in [0.25, 0.3) is 11.1 Å². The van der Waals surface area contributed by atoms with E-state index in [1.807, 2.05) is 24.3 Å². The van der Waals surface area contributed by atoms with Gasteiger partial charge in [-0.2, -0.15) is 0 Å². The van der Waals surface area contributed by atoms with Gasteiger partial charge in [0, 0.05) is 0 Å². The van der Waals surface area contributed by atoms with Gasteiger partial charge in [-0.3, -0.25) is 0 Å². The number of benzene rings is 2. The van der Waals surface area contributed by atoms with Gasteiger partial charge in [-0.25, -0.2) is 4.79 Å². The Morgan fingerprint density at radius 2 is 1.59 bits per heavy atom. The summed E-state index contributed by atoms with van der Waals surface area (Å²) in [5.41, 5.74) is 4.28. The molecule has 0 saturated heterocycles. The van der Waals surface area contributed by atoms with Crippen molar-refractivity contribution in [3.63, 3.8) is 0 Å². The quantitative estimate of drug-likeness (QED) is 0.564. The lowest BCUT2D eigenvalue weighted by atomic mass is 9.75. The fourth-order valence-electron chi connectivity index (χ4n) is 4.19. The molecule has 2 aromatic rings. The molecule has 0 radical (unpaired) electrons. The molecule has 0 aromatic heterocycles. The number of carbonyl (C=O) groups excluding carboxylic acids is 1. The van der Waals surface area contributed by atoms with E-state index in [1.165, 1.54) is 17.5 Å². The second-order valence-electron chi connectivity index (χ2n) is 8.40. The van der Waals surface area contributed by atoms with Crippen molar-refractivity contribution in [1.29, 1.82) is 0 Å². The first-order valence-electron chi connectivity index (χ1n) is 10.4. The van der Waals surface area contributed by atoms with Crippen LogP contribution in [0.1, 0.15) is 62.9 Å². The monoisotopic (exact) mass is 364 g/mol. The van der Waals surface area contributed by atoms with E-state index in [2.05, 4.69) is 52.0 Å². The summed E-state index contributed by atoms with van der Waals surface area (Å²) in [6.45, 7) is 8.89. The Balaban J connectivity index is 1.69. The lowest BCUT2D eigenvalue weighted by Gasteiger charge is -2.36. The molecule has 0 amide bonds. The second-order valence-corrected chi connectivity index (χ2v) is 8.40. The molecular weight excluding hydrogens is 332 g/mol. The van der Waals surface area contributed by atoms with Gasteiger partial charge in [-0.15, -0.1) is 0 Å². The maximum atomic E-state index is 12.7. The summed E-state index contributed by atoms with van der Waals surface area (Å²) < 4.78 is 5.96. The van der Waals surface area contributed by atoms with Gasteiger partial charge in [-0.05, 0) is 65.8 Å². The van der Waals surface area contributed by atoms with Crippen molar-refractivity contribution in [2.24, 2.45) is 17.8 Å². The van der Waals surface area contributed by atoms with Crippen LogP contribution < -0.4 is 0 Å². The molecule has 2 heteroatoms. The molecule has 27 heavy (non-hydrogen) atoms. The first kappa shape index (κ1) is 19.7. The molecule has 3 unspecified atom stereocenters. The molecule has 0 heterocycles. The Bertz CT molecular complexity index is 743. The molecule has 0 aliphatic heterocycles. The molecule has 3 rings (SSSR count). The number of carbonyl (C=O) groups is 1. The number of hydrogen-bond donors (Lipinski definition) is 0. The van der Waals surface area contributed by atoms with Crippen LogP contribution in [-0.2, 0) is 11.2 Å². The molecule has 1 aliphatic rings. The van der Waals surface area contributed by atoms with E-state index in [4.69, 9.17) is 4.74 Å². The van der Waals surface area contributed by atoms with Crippen LogP contribution in [0.5, 0.6) is 0 Å². The SMILES string of the molecule is CCc1ccc(-c2ccc(C(=O)OC3CC(C)CCC3C(C)C)cc2)cc1. The average molecular weight is 365 g/mol. The Hall–Kier alpha value is -2.09. The zero-order chi connectivity index (χ0) is 19.4. The van der Waals surface area contributed by atoms with E-state index >= 15 is 0 Å². The summed E-state index contributed by atoms with van der Waals surface area (Å²) >= 11 is 0. The van der Waals surface area contributed by atoms with Crippen molar-refractivity contribution in [1.82, 2.24) is 0 Å². The third-order valence-electron chi connectivity index (χ3n) is 6.04. The van der Waals surface area contributed by atoms with Crippen LogP contribution >= 0.6 is 0 Å². The smallest absolute Gasteiger partial charge is 0.338 e. The Morgan fingerprint density at radius 3 is 2.15 bits per heavy atom. The molecule has 2 nitrogen and oxygen atoms in total. The second kappa shape index (κ2) is 8.73. The van der Waals surface area contributed by atoms with Crippen LogP contribution in [-0.4, -0.2) is 12.1 Å². The van der Waals surface area contributed by atoms with Crippen molar-refractivity contribution < 1.29 is 9.53 Å². The normalized spacial score (nSPS) is 22.6. The third-order valence-corrected chi connectivity index (χ3v) is 6.04. The zero-order valence-corrected chi connectivity index (χ0v) is 17.1. The molecule has 3 atom stereocenters. The van der Waals surface area contributed by atoms with Gasteiger partial charge in [-0.1, -0.05) is 70.5 Å². The van der Waals surface area contributed by atoms with E-state index < -0.39 is 0 Å². The summed E-state index contributed by atoms with van der Waals surface area (Å²) in [7, 11) is 0. The van der Waals surface area contributed by atoms with Gasteiger partial charge in [0.05, 0.1) is 5.56 Å². The van der Waals surface area contributed by atoms with Crippen molar-refractivity contribution in [3.05, 3.63) is 59.7 Å². The molecule has 144 valence electrons. The summed E-state index contributed by atoms with van der Waals surface area (Å²) in [6.07, 6.45) is 4.47. The van der Waals surface area contributed by atoms with E-state index in [-0.39, 0.29) is 12.1 Å². The molecule has 1 saturated carbocycles.